The Labute approximate surface area is 116 Å². The largest absolute Gasteiger partial charge is 0.461 e. The van der Waals surface area contributed by atoms with E-state index < -0.39 is 0 Å². The van der Waals surface area contributed by atoms with E-state index in [1.165, 1.54) is 11.8 Å². The molecule has 7 heteroatoms. The molecule has 0 aliphatic heterocycles. The normalized spacial score (nSPS) is 10.5. The number of hydrogen-bond donors (Lipinski definition) is 1. The van der Waals surface area contributed by atoms with Crippen molar-refractivity contribution >= 4 is 17.7 Å². The van der Waals surface area contributed by atoms with Crippen LogP contribution in [0.25, 0.3) is 0 Å². The minimum atomic E-state index is 0.0193. The molecule has 0 amide bonds. The lowest BCUT2D eigenvalue weighted by atomic mass is 10.5. The van der Waals surface area contributed by atoms with Crippen LogP contribution in [0, 0.1) is 0 Å². The molecule has 100 valence electrons. The van der Waals surface area contributed by atoms with Crippen molar-refractivity contribution < 1.29 is 4.74 Å². The first kappa shape index (κ1) is 13.5. The molecule has 0 aromatic carbocycles. The lowest BCUT2D eigenvalue weighted by Crippen LogP contribution is -2.10. The number of nitrogens with zero attached hydrogens (tertiary/aromatic N) is 4. The van der Waals surface area contributed by atoms with Gasteiger partial charge in [0, 0.05) is 24.3 Å². The van der Waals surface area contributed by atoms with E-state index in [1.807, 2.05) is 26.0 Å². The van der Waals surface area contributed by atoms with Crippen LogP contribution in [-0.2, 0) is 0 Å². The third-order valence-electron chi connectivity index (χ3n) is 2.02. The molecular formula is C12H15N5OS. The van der Waals surface area contributed by atoms with Gasteiger partial charge >= 0.3 is 6.01 Å². The van der Waals surface area contributed by atoms with Crippen molar-refractivity contribution in [3.8, 4) is 6.01 Å². The Balaban J connectivity index is 2.24. The number of anilines is 1. The van der Waals surface area contributed by atoms with Crippen LogP contribution in [0.4, 0.5) is 5.95 Å². The standard InChI is InChI=1S/C12H15N5OS/c1-8(2)18-11-15-10(13-3)16-12(17-11)19-9-4-6-14-7-5-9/h4-8H,1-3H3,(H,13,15,16,17). The lowest BCUT2D eigenvalue weighted by molar-refractivity contribution is 0.219. The summed E-state index contributed by atoms with van der Waals surface area (Å²) in [6.07, 6.45) is 3.48. The average Bonchev–Trinajstić information content (AvgIpc) is 2.38. The van der Waals surface area contributed by atoms with E-state index in [0.717, 1.165) is 4.90 Å². The summed E-state index contributed by atoms with van der Waals surface area (Å²) in [6, 6.07) is 4.12. The van der Waals surface area contributed by atoms with Gasteiger partial charge in [0.1, 0.15) is 0 Å². The average molecular weight is 277 g/mol. The third-order valence-corrected chi connectivity index (χ3v) is 2.89. The minimum Gasteiger partial charge on any atom is -0.461 e. The van der Waals surface area contributed by atoms with Crippen molar-refractivity contribution in [1.29, 1.82) is 0 Å². The van der Waals surface area contributed by atoms with Gasteiger partial charge in [-0.2, -0.15) is 15.0 Å². The Morgan fingerprint density at radius 2 is 1.89 bits per heavy atom. The Morgan fingerprint density at radius 1 is 1.16 bits per heavy atom. The molecular weight excluding hydrogens is 262 g/mol. The maximum absolute atomic E-state index is 5.51. The summed E-state index contributed by atoms with van der Waals surface area (Å²) in [5.41, 5.74) is 0. The van der Waals surface area contributed by atoms with E-state index in [0.29, 0.717) is 17.1 Å². The Bertz CT molecular complexity index is 535. The summed E-state index contributed by atoms with van der Waals surface area (Å²) in [7, 11) is 1.76. The Morgan fingerprint density at radius 3 is 2.53 bits per heavy atom. The zero-order chi connectivity index (χ0) is 13.7. The van der Waals surface area contributed by atoms with Crippen LogP contribution in [-0.4, -0.2) is 33.1 Å². The first-order valence-corrected chi connectivity index (χ1v) is 6.67. The van der Waals surface area contributed by atoms with Gasteiger partial charge in [-0.15, -0.1) is 0 Å². The smallest absolute Gasteiger partial charge is 0.322 e. The van der Waals surface area contributed by atoms with Crippen LogP contribution in [0.1, 0.15) is 13.8 Å². The second kappa shape index (κ2) is 6.33. The van der Waals surface area contributed by atoms with Gasteiger partial charge < -0.3 is 10.1 Å². The lowest BCUT2D eigenvalue weighted by Gasteiger charge is -2.09. The topological polar surface area (TPSA) is 72.8 Å². The van der Waals surface area contributed by atoms with Gasteiger partial charge in [0.15, 0.2) is 0 Å². The highest BCUT2D eigenvalue weighted by atomic mass is 32.2. The number of rotatable bonds is 5. The van der Waals surface area contributed by atoms with Crippen LogP contribution in [0.5, 0.6) is 6.01 Å². The molecule has 2 aromatic heterocycles. The Kier molecular flexibility index (Phi) is 4.51. The maximum Gasteiger partial charge on any atom is 0.322 e. The van der Waals surface area contributed by atoms with Gasteiger partial charge in [-0.05, 0) is 37.7 Å². The monoisotopic (exact) mass is 277 g/mol. The van der Waals surface area contributed by atoms with E-state index in [1.54, 1.807) is 19.4 Å². The first-order valence-electron chi connectivity index (χ1n) is 5.85. The molecule has 0 saturated carbocycles. The summed E-state index contributed by atoms with van der Waals surface area (Å²) in [5, 5.41) is 3.48. The van der Waals surface area contributed by atoms with Gasteiger partial charge in [-0.3, -0.25) is 4.98 Å². The molecule has 0 aliphatic rings. The van der Waals surface area contributed by atoms with Crippen molar-refractivity contribution in [2.24, 2.45) is 0 Å². The fraction of sp³-hybridized carbons (Fsp3) is 0.333. The maximum atomic E-state index is 5.51. The summed E-state index contributed by atoms with van der Waals surface area (Å²) in [4.78, 5) is 17.7. The molecule has 0 aliphatic carbocycles. The first-order chi connectivity index (χ1) is 9.17. The number of nitrogens with one attached hydrogen (secondary N) is 1. The highest BCUT2D eigenvalue weighted by Gasteiger charge is 2.09. The summed E-state index contributed by atoms with van der Waals surface area (Å²) >= 11 is 1.44. The molecule has 2 heterocycles. The quantitative estimate of drug-likeness (QED) is 0.898. The predicted octanol–water partition coefficient (Wildman–Crippen LogP) is 2.25. The van der Waals surface area contributed by atoms with E-state index in [9.17, 15) is 0 Å². The van der Waals surface area contributed by atoms with Crippen molar-refractivity contribution in [2.75, 3.05) is 12.4 Å². The zero-order valence-electron chi connectivity index (χ0n) is 11.0. The molecule has 0 bridgehead atoms. The molecule has 0 atom stereocenters. The van der Waals surface area contributed by atoms with Crippen molar-refractivity contribution in [2.45, 2.75) is 30.0 Å². The summed E-state index contributed by atoms with van der Waals surface area (Å²) in [6.45, 7) is 3.86. The fourth-order valence-electron chi connectivity index (χ4n) is 1.27. The number of ether oxygens (including phenoxy) is 1. The molecule has 0 unspecified atom stereocenters. The van der Waals surface area contributed by atoms with E-state index in [-0.39, 0.29) is 6.10 Å². The van der Waals surface area contributed by atoms with Crippen LogP contribution in [0.2, 0.25) is 0 Å². The molecule has 2 aromatic rings. The zero-order valence-corrected chi connectivity index (χ0v) is 11.8. The predicted molar refractivity (Wildman–Crippen MR) is 73.5 cm³/mol. The molecule has 0 saturated heterocycles. The highest BCUT2D eigenvalue weighted by molar-refractivity contribution is 7.99. The van der Waals surface area contributed by atoms with E-state index in [2.05, 4.69) is 25.3 Å². The SMILES string of the molecule is CNc1nc(OC(C)C)nc(Sc2ccncc2)n1. The van der Waals surface area contributed by atoms with Gasteiger partial charge in [0.25, 0.3) is 0 Å². The van der Waals surface area contributed by atoms with Gasteiger partial charge in [-0.25, -0.2) is 0 Å². The number of pyridine rings is 1. The number of hydrogen-bond acceptors (Lipinski definition) is 7. The van der Waals surface area contributed by atoms with Gasteiger partial charge in [-0.1, -0.05) is 0 Å². The molecule has 0 fully saturated rings. The van der Waals surface area contributed by atoms with E-state index in [4.69, 9.17) is 4.74 Å². The van der Waals surface area contributed by atoms with Crippen LogP contribution in [0.15, 0.2) is 34.6 Å². The number of aromatic nitrogens is 4. The van der Waals surface area contributed by atoms with Crippen LogP contribution < -0.4 is 10.1 Å². The molecule has 6 nitrogen and oxygen atoms in total. The second-order valence-electron chi connectivity index (χ2n) is 3.93. The summed E-state index contributed by atoms with van der Waals surface area (Å²) in [5.74, 6) is 0.488. The van der Waals surface area contributed by atoms with Crippen LogP contribution >= 0.6 is 11.8 Å². The van der Waals surface area contributed by atoms with Crippen molar-refractivity contribution in [1.82, 2.24) is 19.9 Å². The molecule has 19 heavy (non-hydrogen) atoms. The molecule has 0 radical (unpaired) electrons. The summed E-state index contributed by atoms with van der Waals surface area (Å²) < 4.78 is 5.51. The molecule has 0 spiro atoms. The second-order valence-corrected chi connectivity index (χ2v) is 4.97. The van der Waals surface area contributed by atoms with Gasteiger partial charge in [0.05, 0.1) is 6.10 Å². The third kappa shape index (κ3) is 4.06. The highest BCUT2D eigenvalue weighted by Crippen LogP contribution is 2.25. The fourth-order valence-corrected chi connectivity index (χ4v) is 2.00. The molecule has 2 rings (SSSR count). The van der Waals surface area contributed by atoms with Crippen LogP contribution in [0.3, 0.4) is 0 Å². The minimum absolute atomic E-state index is 0.0193. The van der Waals surface area contributed by atoms with Crippen molar-refractivity contribution in [3.63, 3.8) is 0 Å². The van der Waals surface area contributed by atoms with Gasteiger partial charge in [0.2, 0.25) is 11.1 Å². The van der Waals surface area contributed by atoms with Crippen molar-refractivity contribution in [3.05, 3.63) is 24.5 Å². The van der Waals surface area contributed by atoms with E-state index >= 15 is 0 Å². The molecule has 1 N–H and O–H groups in total. The Hall–Kier alpha value is -1.89.